The average Bonchev–Trinajstić information content (AvgIpc) is 3.73. The monoisotopic (exact) mass is 588 g/mol. The van der Waals surface area contributed by atoms with Crippen molar-refractivity contribution < 1.29 is 29.4 Å². The number of carbonyl (C=O) groups excluding carboxylic acids is 3. The van der Waals surface area contributed by atoms with Gasteiger partial charge in [0.05, 0.1) is 30.1 Å². The van der Waals surface area contributed by atoms with E-state index in [1.54, 1.807) is 0 Å². The summed E-state index contributed by atoms with van der Waals surface area (Å²) in [6, 6.07) is -0.685. The first-order valence-electron chi connectivity index (χ1n) is 14.2. The van der Waals surface area contributed by atoms with E-state index in [0.29, 0.717) is 31.0 Å². The first kappa shape index (κ1) is 28.2. The Labute approximate surface area is 241 Å². The summed E-state index contributed by atoms with van der Waals surface area (Å²) in [6.07, 6.45) is 3.02. The molecule has 0 radical (unpaired) electrons. The summed E-state index contributed by atoms with van der Waals surface area (Å²) in [4.78, 5) is 55.4. The number of aliphatic hydroxyl groups is 1. The van der Waals surface area contributed by atoms with Crippen molar-refractivity contribution in [3.63, 3.8) is 0 Å². The summed E-state index contributed by atoms with van der Waals surface area (Å²) in [6.45, 7) is 6.35. The highest BCUT2D eigenvalue weighted by molar-refractivity contribution is 8.03. The van der Waals surface area contributed by atoms with Gasteiger partial charge in [0.15, 0.2) is 5.78 Å². The van der Waals surface area contributed by atoms with E-state index in [-0.39, 0.29) is 78.0 Å². The van der Waals surface area contributed by atoms with Gasteiger partial charge in [0.1, 0.15) is 18.6 Å². The van der Waals surface area contributed by atoms with Crippen LogP contribution in [-0.2, 0) is 25.7 Å². The topological polar surface area (TPSA) is 183 Å². The molecule has 41 heavy (non-hydrogen) atoms. The minimum Gasteiger partial charge on any atom is -0.477 e. The quantitative estimate of drug-likeness (QED) is 0.237. The van der Waals surface area contributed by atoms with Crippen LogP contribution in [0, 0.1) is 23.7 Å². The number of aliphatic carboxylic acids is 1. The number of carboxylic acid groups (broad SMARTS) is 1. The van der Waals surface area contributed by atoms with Crippen LogP contribution in [0.5, 0.6) is 0 Å². The van der Waals surface area contributed by atoms with E-state index < -0.39 is 17.4 Å². The van der Waals surface area contributed by atoms with Gasteiger partial charge < -0.3 is 30.6 Å². The highest BCUT2D eigenvalue weighted by Crippen LogP contribution is 2.53. The van der Waals surface area contributed by atoms with Gasteiger partial charge in [-0.2, -0.15) is 0 Å². The van der Waals surface area contributed by atoms with Crippen molar-refractivity contribution >= 4 is 35.3 Å². The number of hydrogen-bond donors (Lipinski definition) is 4. The van der Waals surface area contributed by atoms with Crippen LogP contribution in [0.4, 0.5) is 0 Å². The average molecular weight is 589 g/mol. The second-order valence-electron chi connectivity index (χ2n) is 12.1. The Bertz CT molecular complexity index is 1270. The van der Waals surface area contributed by atoms with E-state index in [0.717, 1.165) is 13.0 Å². The zero-order valence-corrected chi connectivity index (χ0v) is 23.9. The number of hydrogen-bond acceptors (Lipinski definition) is 11. The Morgan fingerprint density at radius 3 is 2.80 bits per heavy atom. The summed E-state index contributed by atoms with van der Waals surface area (Å²) in [5, 5.41) is 37.5. The number of β-lactam (4-membered cyclic amide) rings is 1. The molecule has 2 unspecified atom stereocenters. The number of amides is 2. The number of nitrogens with zero attached hydrogens (tertiary/aromatic N) is 6. The van der Waals surface area contributed by atoms with Crippen molar-refractivity contribution in [3.8, 4) is 0 Å². The standard InChI is InChI=1S/C26H36N8O6S/c1-13(5-16(36)9-33-12-29-30-31-33)19-20-14(2)22(21(25(39)40)34(20)24(19)38)41-17-6-18(27-7-17)23(37)32-8-15-3-4-28-26(15,10-32)11-35/h12-15,17-20,27-28,35H,3-11H2,1-2H3,(H,39,40)/t13-,14+,15?,17-,18-,19+,20+,26?/m0/s1. The Hall–Kier alpha value is -2.88. The molecule has 1 aromatic rings. The number of carbonyl (C=O) groups is 4. The van der Waals surface area contributed by atoms with E-state index in [2.05, 4.69) is 26.2 Å². The first-order chi connectivity index (χ1) is 19.6. The molecule has 5 aliphatic heterocycles. The molecular weight excluding hydrogens is 552 g/mol. The fraction of sp³-hybridized carbons (Fsp3) is 0.731. The van der Waals surface area contributed by atoms with Gasteiger partial charge in [-0.3, -0.25) is 14.4 Å². The largest absolute Gasteiger partial charge is 0.477 e. The van der Waals surface area contributed by atoms with Crippen LogP contribution in [0.1, 0.15) is 33.1 Å². The molecule has 8 atom stereocenters. The highest BCUT2D eigenvalue weighted by Gasteiger charge is 2.60. The third-order valence-electron chi connectivity index (χ3n) is 9.63. The van der Waals surface area contributed by atoms with Gasteiger partial charge in [-0.25, -0.2) is 9.48 Å². The number of Topliss-reactive ketones (excluding diaryl/α,β-unsaturated/α-hetero) is 1. The minimum absolute atomic E-state index is 0.00544. The highest BCUT2D eigenvalue weighted by atomic mass is 32.2. The van der Waals surface area contributed by atoms with Crippen molar-refractivity contribution in [3.05, 3.63) is 16.9 Å². The molecule has 2 amide bonds. The molecule has 4 N–H and O–H groups in total. The van der Waals surface area contributed by atoms with E-state index in [1.165, 1.54) is 27.7 Å². The number of tetrazole rings is 1. The fourth-order valence-corrected chi connectivity index (χ4v) is 9.05. The molecule has 0 aromatic carbocycles. The number of aliphatic hydroxyl groups excluding tert-OH is 1. The molecule has 5 aliphatic rings. The van der Waals surface area contributed by atoms with Crippen molar-refractivity contribution in [2.75, 3.05) is 32.8 Å². The predicted molar refractivity (Wildman–Crippen MR) is 145 cm³/mol. The number of fused-ring (bicyclic) bond motifs is 2. The fourth-order valence-electron chi connectivity index (χ4n) is 7.57. The Kier molecular flexibility index (Phi) is 7.41. The van der Waals surface area contributed by atoms with Gasteiger partial charge in [0.2, 0.25) is 11.8 Å². The molecule has 6 rings (SSSR count). The summed E-state index contributed by atoms with van der Waals surface area (Å²) >= 11 is 1.45. The molecule has 0 aliphatic carbocycles. The van der Waals surface area contributed by atoms with Crippen LogP contribution in [0.3, 0.4) is 0 Å². The van der Waals surface area contributed by atoms with Crippen molar-refractivity contribution in [2.45, 2.75) is 62.5 Å². The molecule has 0 bridgehead atoms. The lowest BCUT2D eigenvalue weighted by atomic mass is 9.73. The maximum Gasteiger partial charge on any atom is 0.353 e. The number of aromatic nitrogens is 4. The molecule has 222 valence electrons. The van der Waals surface area contributed by atoms with Crippen LogP contribution in [0.15, 0.2) is 16.9 Å². The van der Waals surface area contributed by atoms with E-state index in [4.69, 9.17) is 0 Å². The number of likely N-dealkylation sites (tertiary alicyclic amines) is 1. The Morgan fingerprint density at radius 1 is 1.32 bits per heavy atom. The maximum absolute atomic E-state index is 13.4. The molecule has 1 aromatic heterocycles. The number of thioether (sulfide) groups is 1. The van der Waals surface area contributed by atoms with Gasteiger partial charge in [0.25, 0.3) is 0 Å². The second-order valence-corrected chi connectivity index (χ2v) is 13.5. The third-order valence-corrected chi connectivity index (χ3v) is 11.1. The second kappa shape index (κ2) is 10.7. The molecule has 6 heterocycles. The Morgan fingerprint density at radius 2 is 2.12 bits per heavy atom. The molecule has 0 spiro atoms. The molecule has 4 saturated heterocycles. The zero-order chi connectivity index (χ0) is 29.1. The molecule has 14 nitrogen and oxygen atoms in total. The molecule has 0 saturated carbocycles. The number of carboxylic acids is 1. The normalized spacial score (nSPS) is 35.0. The molecular formula is C26H36N8O6S. The smallest absolute Gasteiger partial charge is 0.353 e. The van der Waals surface area contributed by atoms with Gasteiger partial charge in [-0.15, -0.1) is 16.9 Å². The van der Waals surface area contributed by atoms with Crippen LogP contribution in [0.25, 0.3) is 0 Å². The molecule has 4 fully saturated rings. The lowest BCUT2D eigenvalue weighted by molar-refractivity contribution is -0.160. The van der Waals surface area contributed by atoms with Crippen LogP contribution in [-0.4, -0.2) is 119 Å². The number of nitrogens with one attached hydrogen (secondary N) is 2. The summed E-state index contributed by atoms with van der Waals surface area (Å²) in [5.74, 6) is -2.15. The van der Waals surface area contributed by atoms with Gasteiger partial charge in [-0.1, -0.05) is 13.8 Å². The van der Waals surface area contributed by atoms with Crippen molar-refractivity contribution in [1.29, 1.82) is 0 Å². The first-order valence-corrected chi connectivity index (χ1v) is 15.1. The summed E-state index contributed by atoms with van der Waals surface area (Å²) < 4.78 is 1.34. The predicted octanol–water partition coefficient (Wildman–Crippen LogP) is -1.31. The number of ketones is 1. The van der Waals surface area contributed by atoms with Gasteiger partial charge in [-0.05, 0) is 41.6 Å². The third kappa shape index (κ3) is 4.76. The summed E-state index contributed by atoms with van der Waals surface area (Å²) in [7, 11) is 0. The lowest BCUT2D eigenvalue weighted by Crippen LogP contribution is -2.62. The minimum atomic E-state index is -1.14. The van der Waals surface area contributed by atoms with Gasteiger partial charge in [0, 0.05) is 42.1 Å². The van der Waals surface area contributed by atoms with Crippen molar-refractivity contribution in [2.24, 2.45) is 23.7 Å². The number of rotatable bonds is 10. The van der Waals surface area contributed by atoms with Crippen molar-refractivity contribution in [1.82, 2.24) is 40.6 Å². The van der Waals surface area contributed by atoms with Crippen LogP contribution < -0.4 is 10.6 Å². The van der Waals surface area contributed by atoms with E-state index in [9.17, 15) is 29.4 Å². The lowest BCUT2D eigenvalue weighted by Gasteiger charge is -2.47. The summed E-state index contributed by atoms with van der Waals surface area (Å²) in [5.41, 5.74) is -0.381. The van der Waals surface area contributed by atoms with Crippen LogP contribution >= 0.6 is 11.8 Å². The Balaban J connectivity index is 1.09. The SMILES string of the molecule is C[C@@H](CC(=O)Cn1cnnn1)[C@H]1C(=O)N2C(C(=O)O)=C(S[C@@H]3CN[C@H](C(=O)N4CC5CCNC5(CO)C4)C3)[C@H](C)[C@H]12. The van der Waals surface area contributed by atoms with Crippen LogP contribution in [0.2, 0.25) is 0 Å². The molecule has 15 heteroatoms. The zero-order valence-electron chi connectivity index (χ0n) is 23.1. The van der Waals surface area contributed by atoms with E-state index in [1.807, 2.05) is 18.7 Å². The van der Waals surface area contributed by atoms with E-state index >= 15 is 0 Å². The van der Waals surface area contributed by atoms with Gasteiger partial charge >= 0.3 is 5.97 Å². The maximum atomic E-state index is 13.4.